The lowest BCUT2D eigenvalue weighted by atomic mass is 10.0. The summed E-state index contributed by atoms with van der Waals surface area (Å²) in [7, 11) is 4.13. The number of halogens is 1. The number of benzene rings is 2. The zero-order valence-corrected chi connectivity index (χ0v) is 13.3. The van der Waals surface area contributed by atoms with Crippen LogP contribution in [0.5, 0.6) is 5.75 Å². The Hall–Kier alpha value is -1.69. The lowest BCUT2D eigenvalue weighted by Crippen LogP contribution is -2.15. The van der Waals surface area contributed by atoms with Gasteiger partial charge in [0.25, 0.3) is 0 Å². The Bertz CT molecular complexity index is 655. The maximum atomic E-state index is 5.92. The topological polar surface area (TPSA) is 12.5 Å². The highest BCUT2D eigenvalue weighted by Crippen LogP contribution is 2.27. The summed E-state index contributed by atoms with van der Waals surface area (Å²) in [6.45, 7) is 1.70. The number of alkyl halides is 1. The fraction of sp³-hybridized carbons (Fsp3) is 0.333. The number of nitrogens with zero attached hydrogens (tertiary/aromatic N) is 1. The highest BCUT2D eigenvalue weighted by molar-refractivity contribution is 6.19. The molecule has 0 fully saturated rings. The summed E-state index contributed by atoms with van der Waals surface area (Å²) in [4.78, 5) is 2.15. The average molecular weight is 302 g/mol. The van der Waals surface area contributed by atoms with Crippen LogP contribution in [0, 0.1) is 11.8 Å². The van der Waals surface area contributed by atoms with Gasteiger partial charge in [-0.3, -0.25) is 0 Å². The van der Waals surface area contributed by atoms with Gasteiger partial charge in [0.05, 0.1) is 18.1 Å². The summed E-state index contributed by atoms with van der Waals surface area (Å²) >= 11 is 5.70. The van der Waals surface area contributed by atoms with Crippen molar-refractivity contribution in [1.29, 1.82) is 0 Å². The minimum Gasteiger partial charge on any atom is -0.492 e. The normalized spacial score (nSPS) is 10.5. The summed E-state index contributed by atoms with van der Waals surface area (Å²) in [6, 6.07) is 12.3. The first kappa shape index (κ1) is 15.7. The van der Waals surface area contributed by atoms with E-state index in [1.54, 1.807) is 0 Å². The van der Waals surface area contributed by atoms with Gasteiger partial charge in [0.2, 0.25) is 0 Å². The Kier molecular flexibility index (Phi) is 5.92. The maximum absolute atomic E-state index is 5.92. The van der Waals surface area contributed by atoms with Crippen LogP contribution in [0.3, 0.4) is 0 Å². The van der Waals surface area contributed by atoms with Crippen molar-refractivity contribution in [3.05, 3.63) is 42.0 Å². The van der Waals surface area contributed by atoms with Gasteiger partial charge in [0.1, 0.15) is 5.75 Å². The summed E-state index contributed by atoms with van der Waals surface area (Å²) in [5.41, 5.74) is 0.929. The van der Waals surface area contributed by atoms with Crippen LogP contribution in [0.25, 0.3) is 10.8 Å². The largest absolute Gasteiger partial charge is 0.492 e. The first-order chi connectivity index (χ1) is 10.2. The van der Waals surface area contributed by atoms with Crippen LogP contribution in [0.15, 0.2) is 36.4 Å². The smallest absolute Gasteiger partial charge is 0.135 e. The summed E-state index contributed by atoms with van der Waals surface area (Å²) in [5.74, 6) is 7.23. The molecule has 0 unspecified atom stereocenters. The Morgan fingerprint density at radius 2 is 1.95 bits per heavy atom. The molecule has 0 saturated heterocycles. The molecule has 2 nitrogen and oxygen atoms in total. The van der Waals surface area contributed by atoms with Gasteiger partial charge < -0.3 is 9.64 Å². The fourth-order valence-corrected chi connectivity index (χ4v) is 2.25. The molecule has 2 aromatic carbocycles. The molecule has 0 N–H and O–H groups in total. The molecule has 2 rings (SSSR count). The Morgan fingerprint density at radius 1 is 1.14 bits per heavy atom. The quantitative estimate of drug-likeness (QED) is 0.474. The standard InChI is InChI=1S/C18H20ClNO/c1-20(2)13-6-14-21-18-11-10-15-7-3-4-8-16(15)17(18)9-5-12-19/h3-4,7-8,10-11H,6,12-14H2,1-2H3. The Morgan fingerprint density at radius 3 is 2.71 bits per heavy atom. The van der Waals surface area contributed by atoms with Gasteiger partial charge in [-0.2, -0.15) is 0 Å². The molecule has 0 amide bonds. The van der Waals surface area contributed by atoms with Gasteiger partial charge >= 0.3 is 0 Å². The highest BCUT2D eigenvalue weighted by atomic mass is 35.5. The van der Waals surface area contributed by atoms with Gasteiger partial charge in [-0.15, -0.1) is 11.6 Å². The van der Waals surface area contributed by atoms with E-state index in [1.807, 2.05) is 18.2 Å². The van der Waals surface area contributed by atoms with E-state index in [2.05, 4.69) is 49.0 Å². The molecule has 0 aliphatic carbocycles. The molecule has 0 bridgehead atoms. The Labute approximate surface area is 131 Å². The SMILES string of the molecule is CN(C)CCCOc1ccc2ccccc2c1C#CCCl. The third-order valence-corrected chi connectivity index (χ3v) is 3.31. The number of hydrogen-bond acceptors (Lipinski definition) is 2. The molecule has 0 aliphatic rings. The Balaban J connectivity index is 2.25. The minimum atomic E-state index is 0.323. The van der Waals surface area contributed by atoms with Gasteiger partial charge in [-0.1, -0.05) is 42.2 Å². The zero-order valence-electron chi connectivity index (χ0n) is 12.5. The summed E-state index contributed by atoms with van der Waals surface area (Å²) < 4.78 is 5.92. The van der Waals surface area contributed by atoms with Crippen LogP contribution in [0.2, 0.25) is 0 Å². The zero-order chi connectivity index (χ0) is 15.1. The van der Waals surface area contributed by atoms with Crippen LogP contribution < -0.4 is 4.74 Å². The van der Waals surface area contributed by atoms with Crippen LogP contribution in [-0.4, -0.2) is 38.0 Å². The van der Waals surface area contributed by atoms with Crippen molar-refractivity contribution in [2.75, 3.05) is 33.1 Å². The van der Waals surface area contributed by atoms with E-state index in [4.69, 9.17) is 16.3 Å². The molecule has 110 valence electrons. The van der Waals surface area contributed by atoms with Crippen molar-refractivity contribution in [2.24, 2.45) is 0 Å². The van der Waals surface area contributed by atoms with Crippen molar-refractivity contribution in [1.82, 2.24) is 4.90 Å². The maximum Gasteiger partial charge on any atom is 0.135 e. The molecule has 21 heavy (non-hydrogen) atoms. The second-order valence-corrected chi connectivity index (χ2v) is 5.37. The van der Waals surface area contributed by atoms with Gasteiger partial charge in [-0.05, 0) is 32.0 Å². The second kappa shape index (κ2) is 7.93. The number of rotatable bonds is 5. The first-order valence-corrected chi connectivity index (χ1v) is 7.60. The van der Waals surface area contributed by atoms with Crippen LogP contribution in [0.1, 0.15) is 12.0 Å². The average Bonchev–Trinajstić information content (AvgIpc) is 2.49. The molecule has 0 spiro atoms. The predicted octanol–water partition coefficient (Wildman–Crippen LogP) is 3.76. The van der Waals surface area contributed by atoms with Gasteiger partial charge in [0.15, 0.2) is 0 Å². The highest BCUT2D eigenvalue weighted by Gasteiger charge is 2.06. The van der Waals surface area contributed by atoms with Crippen LogP contribution in [-0.2, 0) is 0 Å². The van der Waals surface area contributed by atoms with E-state index in [0.717, 1.165) is 35.1 Å². The lowest BCUT2D eigenvalue weighted by Gasteiger charge is -2.12. The van der Waals surface area contributed by atoms with E-state index in [0.29, 0.717) is 12.5 Å². The third-order valence-electron chi connectivity index (χ3n) is 3.18. The molecule has 0 atom stereocenters. The molecule has 0 aromatic heterocycles. The molecule has 0 aliphatic heterocycles. The van der Waals surface area contributed by atoms with Crippen molar-refractivity contribution < 1.29 is 4.74 Å². The van der Waals surface area contributed by atoms with E-state index in [9.17, 15) is 0 Å². The molecule has 0 saturated carbocycles. The third kappa shape index (κ3) is 4.39. The summed E-state index contributed by atoms with van der Waals surface area (Å²) in [6.07, 6.45) is 0.988. The molecule has 2 aromatic rings. The van der Waals surface area contributed by atoms with Crippen molar-refractivity contribution in [3.8, 4) is 17.6 Å². The van der Waals surface area contributed by atoms with Crippen molar-refractivity contribution >= 4 is 22.4 Å². The van der Waals surface area contributed by atoms with E-state index < -0.39 is 0 Å². The molecule has 0 heterocycles. The first-order valence-electron chi connectivity index (χ1n) is 7.06. The number of fused-ring (bicyclic) bond motifs is 1. The van der Waals surface area contributed by atoms with Gasteiger partial charge in [-0.25, -0.2) is 0 Å². The summed E-state index contributed by atoms with van der Waals surface area (Å²) in [5, 5.41) is 2.28. The van der Waals surface area contributed by atoms with E-state index >= 15 is 0 Å². The number of hydrogen-bond donors (Lipinski definition) is 0. The van der Waals surface area contributed by atoms with E-state index in [1.165, 1.54) is 0 Å². The number of ether oxygens (including phenoxy) is 1. The van der Waals surface area contributed by atoms with Crippen LogP contribution in [0.4, 0.5) is 0 Å². The minimum absolute atomic E-state index is 0.323. The van der Waals surface area contributed by atoms with E-state index in [-0.39, 0.29) is 0 Å². The van der Waals surface area contributed by atoms with Gasteiger partial charge in [0, 0.05) is 11.9 Å². The molecular formula is C18H20ClNO. The molecule has 0 radical (unpaired) electrons. The predicted molar refractivity (Wildman–Crippen MR) is 90.2 cm³/mol. The molecular weight excluding hydrogens is 282 g/mol. The van der Waals surface area contributed by atoms with Crippen molar-refractivity contribution in [2.45, 2.75) is 6.42 Å². The monoisotopic (exact) mass is 301 g/mol. The van der Waals surface area contributed by atoms with Crippen molar-refractivity contribution in [3.63, 3.8) is 0 Å². The second-order valence-electron chi connectivity index (χ2n) is 5.10. The van der Waals surface area contributed by atoms with Crippen LogP contribution >= 0.6 is 11.6 Å². The fourth-order valence-electron chi connectivity index (χ4n) is 2.19. The lowest BCUT2D eigenvalue weighted by molar-refractivity contribution is 0.281. The molecule has 3 heteroatoms.